The number of esters is 1. The average molecular weight is 272 g/mol. The van der Waals surface area contributed by atoms with Gasteiger partial charge in [0, 0.05) is 0 Å². The van der Waals surface area contributed by atoms with E-state index in [4.69, 9.17) is 0 Å². The van der Waals surface area contributed by atoms with E-state index in [9.17, 15) is 31.5 Å². The van der Waals surface area contributed by atoms with Crippen molar-refractivity contribution in [2.45, 2.75) is 12.1 Å². The van der Waals surface area contributed by atoms with Crippen molar-refractivity contribution >= 4 is 11.8 Å². The van der Waals surface area contributed by atoms with Crippen LogP contribution in [0.3, 0.4) is 0 Å². The molecule has 0 saturated heterocycles. The van der Waals surface area contributed by atoms with Gasteiger partial charge in [0.25, 0.3) is 5.78 Å². The minimum Gasteiger partial charge on any atom is -0.463 e. The van der Waals surface area contributed by atoms with Crippen molar-refractivity contribution in [1.29, 1.82) is 0 Å². The van der Waals surface area contributed by atoms with Gasteiger partial charge in [-0.25, -0.2) is 4.79 Å². The van der Waals surface area contributed by atoms with Crippen LogP contribution in [-0.2, 0) is 4.74 Å². The van der Waals surface area contributed by atoms with Gasteiger partial charge in [-0.15, -0.1) is 0 Å². The molecule has 1 heterocycles. The molecule has 0 aliphatic heterocycles. The van der Waals surface area contributed by atoms with Gasteiger partial charge in [-0.05, 0) is 12.1 Å². The first-order chi connectivity index (χ1) is 8.11. The molecule has 1 aromatic heterocycles. The van der Waals surface area contributed by atoms with E-state index in [0.717, 1.165) is 13.2 Å². The van der Waals surface area contributed by atoms with Gasteiger partial charge in [0.2, 0.25) is 5.76 Å². The molecule has 0 aromatic carbocycles. The third-order valence-corrected chi connectivity index (χ3v) is 1.86. The van der Waals surface area contributed by atoms with E-state index in [1.807, 2.05) is 0 Å². The Morgan fingerprint density at radius 3 is 2.06 bits per heavy atom. The molecule has 18 heavy (non-hydrogen) atoms. The SMILES string of the molecule is COC(=O)c1ccc(C(=O)C(F)(F)C(F)(F)F)o1. The predicted molar refractivity (Wildman–Crippen MR) is 45.4 cm³/mol. The van der Waals surface area contributed by atoms with Gasteiger partial charge in [-0.2, -0.15) is 22.0 Å². The molecule has 9 heteroatoms. The van der Waals surface area contributed by atoms with Crippen molar-refractivity contribution in [1.82, 2.24) is 0 Å². The van der Waals surface area contributed by atoms with Gasteiger partial charge in [-0.1, -0.05) is 0 Å². The summed E-state index contributed by atoms with van der Waals surface area (Å²) in [5, 5.41) is 0. The molecule has 0 bridgehead atoms. The molecule has 0 saturated carbocycles. The molecule has 0 radical (unpaired) electrons. The molecule has 0 spiro atoms. The second-order valence-corrected chi connectivity index (χ2v) is 3.06. The third-order valence-electron chi connectivity index (χ3n) is 1.86. The number of methoxy groups -OCH3 is 1. The molecule has 0 aliphatic carbocycles. The van der Waals surface area contributed by atoms with Crippen LogP contribution in [-0.4, -0.2) is 31.0 Å². The van der Waals surface area contributed by atoms with E-state index in [1.165, 1.54) is 0 Å². The van der Waals surface area contributed by atoms with Gasteiger partial charge in [0.1, 0.15) is 0 Å². The molecule has 0 N–H and O–H groups in total. The standard InChI is InChI=1S/C9H5F5O4/c1-17-7(16)5-3-2-4(18-5)6(15)8(10,11)9(12,13)14/h2-3H,1H3. The first-order valence-corrected chi connectivity index (χ1v) is 4.28. The summed E-state index contributed by atoms with van der Waals surface area (Å²) < 4.78 is 69.4. The van der Waals surface area contributed by atoms with Crippen LogP contribution in [0.1, 0.15) is 21.1 Å². The number of alkyl halides is 5. The molecular weight excluding hydrogens is 267 g/mol. The fraction of sp³-hybridized carbons (Fsp3) is 0.333. The Morgan fingerprint density at radius 2 is 1.61 bits per heavy atom. The fourth-order valence-corrected chi connectivity index (χ4v) is 0.954. The lowest BCUT2D eigenvalue weighted by Crippen LogP contribution is -2.43. The first-order valence-electron chi connectivity index (χ1n) is 4.28. The number of ketones is 1. The van der Waals surface area contributed by atoms with Crippen LogP contribution in [0.25, 0.3) is 0 Å². The number of carbonyl (C=O) groups excluding carboxylic acids is 2. The maximum atomic E-state index is 12.7. The lowest BCUT2D eigenvalue weighted by atomic mass is 10.1. The lowest BCUT2D eigenvalue weighted by Gasteiger charge is -2.16. The van der Waals surface area contributed by atoms with Crippen LogP contribution in [0, 0.1) is 0 Å². The Kier molecular flexibility index (Phi) is 3.45. The van der Waals surface area contributed by atoms with Gasteiger partial charge in [0.15, 0.2) is 5.76 Å². The molecule has 0 aliphatic rings. The summed E-state index contributed by atoms with van der Waals surface area (Å²) in [5.41, 5.74) is 0. The summed E-state index contributed by atoms with van der Waals surface area (Å²) in [5.74, 6) is -11.2. The predicted octanol–water partition coefficient (Wildman–Crippen LogP) is 2.45. The molecule has 0 fully saturated rings. The summed E-state index contributed by atoms with van der Waals surface area (Å²) in [6.45, 7) is 0. The van der Waals surface area contributed by atoms with Crippen LogP contribution in [0.5, 0.6) is 0 Å². The number of rotatable bonds is 3. The number of hydrogen-bond acceptors (Lipinski definition) is 4. The Morgan fingerprint density at radius 1 is 1.11 bits per heavy atom. The van der Waals surface area contributed by atoms with Crippen LogP contribution >= 0.6 is 0 Å². The second kappa shape index (κ2) is 4.39. The van der Waals surface area contributed by atoms with Crippen molar-refractivity contribution in [3.8, 4) is 0 Å². The zero-order chi connectivity index (χ0) is 14.1. The Hall–Kier alpha value is -1.93. The molecule has 100 valence electrons. The van der Waals surface area contributed by atoms with Crippen LogP contribution in [0.4, 0.5) is 22.0 Å². The molecule has 0 atom stereocenters. The number of hydrogen-bond donors (Lipinski definition) is 0. The molecular formula is C9H5F5O4. The largest absolute Gasteiger partial charge is 0.463 e. The highest BCUT2D eigenvalue weighted by atomic mass is 19.4. The minimum absolute atomic E-state index is 0.536. The topological polar surface area (TPSA) is 56.5 Å². The lowest BCUT2D eigenvalue weighted by molar-refractivity contribution is -0.256. The number of furan rings is 1. The molecule has 0 amide bonds. The highest BCUT2D eigenvalue weighted by Gasteiger charge is 2.64. The van der Waals surface area contributed by atoms with Crippen molar-refractivity contribution < 1.29 is 40.7 Å². The molecule has 0 unspecified atom stereocenters. The second-order valence-electron chi connectivity index (χ2n) is 3.06. The van der Waals surface area contributed by atoms with Crippen molar-refractivity contribution in [3.63, 3.8) is 0 Å². The van der Waals surface area contributed by atoms with E-state index in [-0.39, 0.29) is 0 Å². The summed E-state index contributed by atoms with van der Waals surface area (Å²) in [6.07, 6.45) is -6.04. The van der Waals surface area contributed by atoms with Gasteiger partial charge in [-0.3, -0.25) is 4.79 Å². The molecule has 1 rings (SSSR count). The Bertz CT molecular complexity index is 474. The summed E-state index contributed by atoms with van der Waals surface area (Å²) in [7, 11) is 0.941. The van der Waals surface area contributed by atoms with E-state index >= 15 is 0 Å². The van der Waals surface area contributed by atoms with Crippen LogP contribution in [0.2, 0.25) is 0 Å². The van der Waals surface area contributed by atoms with E-state index in [2.05, 4.69) is 9.15 Å². The first kappa shape index (κ1) is 14.1. The van der Waals surface area contributed by atoms with E-state index < -0.39 is 35.4 Å². The quantitative estimate of drug-likeness (QED) is 0.481. The fourth-order valence-electron chi connectivity index (χ4n) is 0.954. The Labute approximate surface area is 96.3 Å². The maximum absolute atomic E-state index is 12.7. The van der Waals surface area contributed by atoms with Gasteiger partial charge < -0.3 is 9.15 Å². The van der Waals surface area contributed by atoms with E-state index in [0.29, 0.717) is 6.07 Å². The molecule has 4 nitrogen and oxygen atoms in total. The maximum Gasteiger partial charge on any atom is 0.461 e. The zero-order valence-corrected chi connectivity index (χ0v) is 8.68. The summed E-state index contributed by atoms with van der Waals surface area (Å²) in [6, 6.07) is 1.29. The van der Waals surface area contributed by atoms with Crippen molar-refractivity contribution in [2.75, 3.05) is 7.11 Å². The zero-order valence-electron chi connectivity index (χ0n) is 8.68. The minimum atomic E-state index is -6.04. The highest BCUT2D eigenvalue weighted by Crippen LogP contribution is 2.38. The number of carbonyl (C=O) groups is 2. The van der Waals surface area contributed by atoms with Crippen molar-refractivity contribution in [3.05, 3.63) is 23.7 Å². The Balaban J connectivity index is 3.06. The summed E-state index contributed by atoms with van der Waals surface area (Å²) in [4.78, 5) is 21.8. The van der Waals surface area contributed by atoms with Crippen molar-refractivity contribution in [2.24, 2.45) is 0 Å². The average Bonchev–Trinajstić information content (AvgIpc) is 2.74. The van der Waals surface area contributed by atoms with Gasteiger partial charge in [0.05, 0.1) is 7.11 Å². The monoisotopic (exact) mass is 272 g/mol. The highest BCUT2D eigenvalue weighted by molar-refractivity contribution is 6.00. The van der Waals surface area contributed by atoms with Crippen LogP contribution < -0.4 is 0 Å². The normalized spacial score (nSPS) is 12.3. The number of ether oxygens (including phenoxy) is 1. The summed E-state index contributed by atoms with van der Waals surface area (Å²) >= 11 is 0. The van der Waals surface area contributed by atoms with Gasteiger partial charge >= 0.3 is 18.1 Å². The number of Topliss-reactive ketones (excluding diaryl/α,β-unsaturated/α-hetero) is 1. The third kappa shape index (κ3) is 2.34. The van der Waals surface area contributed by atoms with E-state index in [1.54, 1.807) is 0 Å². The van der Waals surface area contributed by atoms with Crippen LogP contribution in [0.15, 0.2) is 16.5 Å². The smallest absolute Gasteiger partial charge is 0.461 e. The number of halogens is 5. The molecule has 1 aromatic rings.